The molecule has 74 valence electrons. The molecular weight excluding hydrogens is 189 g/mol. The number of nitro groups is 1. The standard InChI is InChI=1S/C9H8FNO3/c1-2-9(12)6-3-4-8(11(13)14)7(10)5-6/h3-5H,2H2,1H3. The molecule has 5 heteroatoms. The fourth-order valence-electron chi connectivity index (χ4n) is 1.03. The van der Waals surface area contributed by atoms with Gasteiger partial charge in [-0.3, -0.25) is 14.9 Å². The van der Waals surface area contributed by atoms with Crippen LogP contribution in [0.15, 0.2) is 18.2 Å². The van der Waals surface area contributed by atoms with E-state index in [4.69, 9.17) is 0 Å². The first-order valence-corrected chi connectivity index (χ1v) is 4.03. The molecule has 0 aromatic heterocycles. The minimum atomic E-state index is -0.977. The number of nitrogens with zero attached hydrogens (tertiary/aromatic N) is 1. The van der Waals surface area contributed by atoms with Gasteiger partial charge in [0.05, 0.1) is 4.92 Å². The van der Waals surface area contributed by atoms with Gasteiger partial charge >= 0.3 is 5.69 Å². The molecule has 1 rings (SSSR count). The topological polar surface area (TPSA) is 60.2 Å². The van der Waals surface area contributed by atoms with Crippen LogP contribution in [0.2, 0.25) is 0 Å². The number of Topliss-reactive ketones (excluding diaryl/α,β-unsaturated/α-hetero) is 1. The molecule has 0 amide bonds. The summed E-state index contributed by atoms with van der Waals surface area (Å²) in [6, 6.07) is 3.15. The molecule has 0 saturated carbocycles. The first-order valence-electron chi connectivity index (χ1n) is 4.03. The lowest BCUT2D eigenvalue weighted by Crippen LogP contribution is -1.99. The molecule has 0 radical (unpaired) electrons. The number of halogens is 1. The summed E-state index contributed by atoms with van der Waals surface area (Å²) < 4.78 is 13.0. The minimum absolute atomic E-state index is 0.163. The second-order valence-corrected chi connectivity index (χ2v) is 2.70. The Morgan fingerprint density at radius 1 is 1.57 bits per heavy atom. The van der Waals surface area contributed by atoms with Crippen LogP contribution in [-0.2, 0) is 0 Å². The highest BCUT2D eigenvalue weighted by Gasteiger charge is 2.15. The summed E-state index contributed by atoms with van der Waals surface area (Å²) in [5, 5.41) is 10.3. The molecule has 0 saturated heterocycles. The van der Waals surface area contributed by atoms with E-state index in [0.717, 1.165) is 12.1 Å². The second-order valence-electron chi connectivity index (χ2n) is 2.70. The largest absolute Gasteiger partial charge is 0.304 e. The van der Waals surface area contributed by atoms with Gasteiger partial charge in [-0.2, -0.15) is 4.39 Å². The molecule has 4 nitrogen and oxygen atoms in total. The van der Waals surface area contributed by atoms with Gasteiger partial charge in [-0.15, -0.1) is 0 Å². The summed E-state index contributed by atoms with van der Waals surface area (Å²) in [5.74, 6) is -1.21. The highest BCUT2D eigenvalue weighted by Crippen LogP contribution is 2.18. The number of hydrogen-bond acceptors (Lipinski definition) is 3. The van der Waals surface area contributed by atoms with E-state index in [2.05, 4.69) is 0 Å². The summed E-state index contributed by atoms with van der Waals surface area (Å²) in [4.78, 5) is 20.5. The van der Waals surface area contributed by atoms with Crippen molar-refractivity contribution in [3.8, 4) is 0 Å². The number of benzene rings is 1. The van der Waals surface area contributed by atoms with E-state index < -0.39 is 16.4 Å². The lowest BCUT2D eigenvalue weighted by atomic mass is 10.1. The van der Waals surface area contributed by atoms with Gasteiger partial charge in [0.25, 0.3) is 0 Å². The quantitative estimate of drug-likeness (QED) is 0.424. The van der Waals surface area contributed by atoms with Crippen molar-refractivity contribution in [3.63, 3.8) is 0 Å². The smallest absolute Gasteiger partial charge is 0.294 e. The highest BCUT2D eigenvalue weighted by atomic mass is 19.1. The van der Waals surface area contributed by atoms with Crippen molar-refractivity contribution in [1.29, 1.82) is 0 Å². The summed E-state index contributed by atoms with van der Waals surface area (Å²) in [7, 11) is 0. The summed E-state index contributed by atoms with van der Waals surface area (Å²) in [6.45, 7) is 1.64. The van der Waals surface area contributed by atoms with Crippen molar-refractivity contribution >= 4 is 11.5 Å². The molecule has 0 N–H and O–H groups in total. The molecule has 0 heterocycles. The van der Waals surface area contributed by atoms with Crippen molar-refractivity contribution in [2.75, 3.05) is 0 Å². The molecule has 0 unspecified atom stereocenters. The normalized spacial score (nSPS) is 9.86. The van der Waals surface area contributed by atoms with Crippen LogP contribution in [-0.4, -0.2) is 10.7 Å². The van der Waals surface area contributed by atoms with Crippen LogP contribution in [0.1, 0.15) is 23.7 Å². The van der Waals surface area contributed by atoms with Crippen LogP contribution in [0.25, 0.3) is 0 Å². The van der Waals surface area contributed by atoms with E-state index in [9.17, 15) is 19.3 Å². The third kappa shape index (κ3) is 1.93. The van der Waals surface area contributed by atoms with E-state index in [1.807, 2.05) is 0 Å². The Morgan fingerprint density at radius 3 is 2.64 bits per heavy atom. The van der Waals surface area contributed by atoms with Crippen molar-refractivity contribution in [3.05, 3.63) is 39.7 Å². The van der Waals surface area contributed by atoms with Gasteiger partial charge in [0.1, 0.15) is 0 Å². The van der Waals surface area contributed by atoms with Crippen LogP contribution in [0.5, 0.6) is 0 Å². The number of rotatable bonds is 3. The van der Waals surface area contributed by atoms with Crippen LogP contribution in [0, 0.1) is 15.9 Å². The Kier molecular flexibility index (Phi) is 2.91. The molecule has 14 heavy (non-hydrogen) atoms. The first-order chi connectivity index (χ1) is 6.56. The van der Waals surface area contributed by atoms with E-state index in [-0.39, 0.29) is 17.8 Å². The Morgan fingerprint density at radius 2 is 2.21 bits per heavy atom. The van der Waals surface area contributed by atoms with Gasteiger partial charge in [0.2, 0.25) is 5.82 Å². The molecule has 1 aromatic rings. The predicted octanol–water partition coefficient (Wildman–Crippen LogP) is 2.33. The summed E-state index contributed by atoms with van der Waals surface area (Å²) in [6.07, 6.45) is 0.247. The van der Waals surface area contributed by atoms with E-state index >= 15 is 0 Å². The molecule has 1 aromatic carbocycles. The fourth-order valence-corrected chi connectivity index (χ4v) is 1.03. The molecule has 0 aliphatic heterocycles. The average Bonchev–Trinajstić information content (AvgIpc) is 2.15. The Hall–Kier alpha value is -1.78. The summed E-state index contributed by atoms with van der Waals surface area (Å²) >= 11 is 0. The monoisotopic (exact) mass is 197 g/mol. The van der Waals surface area contributed by atoms with Crippen LogP contribution in [0.3, 0.4) is 0 Å². The zero-order valence-electron chi connectivity index (χ0n) is 7.49. The second kappa shape index (κ2) is 3.95. The number of nitro benzene ring substituents is 1. The maximum Gasteiger partial charge on any atom is 0.304 e. The SMILES string of the molecule is CCC(=O)c1ccc([N+](=O)[O-])c(F)c1. The van der Waals surface area contributed by atoms with Crippen LogP contribution < -0.4 is 0 Å². The van der Waals surface area contributed by atoms with Gasteiger partial charge in [0.15, 0.2) is 5.78 Å². The third-order valence-corrected chi connectivity index (χ3v) is 1.79. The molecular formula is C9H8FNO3. The van der Waals surface area contributed by atoms with E-state index in [1.165, 1.54) is 6.07 Å². The number of carbonyl (C=O) groups is 1. The maximum atomic E-state index is 13.0. The Labute approximate surface area is 79.5 Å². The van der Waals surface area contributed by atoms with Crippen molar-refractivity contribution in [1.82, 2.24) is 0 Å². The zero-order valence-corrected chi connectivity index (χ0v) is 7.49. The van der Waals surface area contributed by atoms with E-state index in [1.54, 1.807) is 6.92 Å². The predicted molar refractivity (Wildman–Crippen MR) is 47.7 cm³/mol. The first kappa shape index (κ1) is 10.3. The fraction of sp³-hybridized carbons (Fsp3) is 0.222. The Bertz CT molecular complexity index is 390. The van der Waals surface area contributed by atoms with Crippen LogP contribution in [0.4, 0.5) is 10.1 Å². The maximum absolute atomic E-state index is 13.0. The number of hydrogen-bond donors (Lipinski definition) is 0. The zero-order chi connectivity index (χ0) is 10.7. The Balaban J connectivity index is 3.12. The minimum Gasteiger partial charge on any atom is -0.294 e. The van der Waals surface area contributed by atoms with Gasteiger partial charge in [-0.1, -0.05) is 6.92 Å². The van der Waals surface area contributed by atoms with Gasteiger partial charge < -0.3 is 0 Å². The average molecular weight is 197 g/mol. The molecule has 0 aliphatic carbocycles. The third-order valence-electron chi connectivity index (χ3n) is 1.79. The molecule has 0 bridgehead atoms. The number of carbonyl (C=O) groups excluding carboxylic acids is 1. The van der Waals surface area contributed by atoms with Crippen molar-refractivity contribution in [2.45, 2.75) is 13.3 Å². The summed E-state index contributed by atoms with van der Waals surface area (Å²) in [5.41, 5.74) is -0.451. The van der Waals surface area contributed by atoms with Crippen LogP contribution >= 0.6 is 0 Å². The van der Waals surface area contributed by atoms with Gasteiger partial charge in [0, 0.05) is 18.1 Å². The number of ketones is 1. The van der Waals surface area contributed by atoms with Gasteiger partial charge in [-0.25, -0.2) is 0 Å². The molecule has 0 aliphatic rings. The van der Waals surface area contributed by atoms with Crippen molar-refractivity contribution in [2.24, 2.45) is 0 Å². The molecule has 0 atom stereocenters. The molecule has 0 spiro atoms. The van der Waals surface area contributed by atoms with Gasteiger partial charge in [-0.05, 0) is 12.1 Å². The lowest BCUT2D eigenvalue weighted by Gasteiger charge is -1.98. The lowest BCUT2D eigenvalue weighted by molar-refractivity contribution is -0.387. The van der Waals surface area contributed by atoms with Crippen molar-refractivity contribution < 1.29 is 14.1 Å². The highest BCUT2D eigenvalue weighted by molar-refractivity contribution is 5.96. The van der Waals surface area contributed by atoms with E-state index in [0.29, 0.717) is 0 Å². The molecule has 0 fully saturated rings.